The van der Waals surface area contributed by atoms with Gasteiger partial charge in [0.05, 0.1) is 5.56 Å². The lowest BCUT2D eigenvalue weighted by atomic mass is 10.1. The van der Waals surface area contributed by atoms with E-state index in [0.29, 0.717) is 23.6 Å². The Kier molecular flexibility index (Phi) is 4.70. The van der Waals surface area contributed by atoms with Crippen LogP contribution < -0.4 is 10.2 Å². The Bertz CT molecular complexity index is 1250. The van der Waals surface area contributed by atoms with Gasteiger partial charge in [-0.05, 0) is 29.4 Å². The van der Waals surface area contributed by atoms with E-state index in [4.69, 9.17) is 0 Å². The molecule has 1 aliphatic heterocycles. The highest BCUT2D eigenvalue weighted by atomic mass is 16.2. The Balaban J connectivity index is 1.36. The summed E-state index contributed by atoms with van der Waals surface area (Å²) in [6.07, 6.45) is 1.99. The third kappa shape index (κ3) is 3.30. The van der Waals surface area contributed by atoms with E-state index in [0.717, 1.165) is 11.1 Å². The number of nitrogens with zero attached hydrogens (tertiary/aromatic N) is 5. The lowest BCUT2D eigenvalue weighted by Crippen LogP contribution is -2.49. The van der Waals surface area contributed by atoms with Crippen LogP contribution in [-0.2, 0) is 11.2 Å². The Morgan fingerprint density at radius 2 is 2.06 bits per heavy atom. The molecule has 2 aromatic heterocycles. The van der Waals surface area contributed by atoms with Gasteiger partial charge in [-0.3, -0.25) is 14.5 Å². The van der Waals surface area contributed by atoms with Crippen LogP contribution in [0.1, 0.15) is 46.0 Å². The highest BCUT2D eigenvalue weighted by molar-refractivity contribution is 6.02. The zero-order valence-electron chi connectivity index (χ0n) is 17.6. The van der Waals surface area contributed by atoms with Crippen molar-refractivity contribution >= 4 is 17.6 Å². The van der Waals surface area contributed by atoms with E-state index in [2.05, 4.69) is 31.6 Å². The number of likely N-dealkylation sites (N-methyl/N-ethyl adjacent to an activating group) is 1. The molecule has 32 heavy (non-hydrogen) atoms. The largest absolute Gasteiger partial charge is 0.337 e. The summed E-state index contributed by atoms with van der Waals surface area (Å²) in [5.41, 5.74) is 2.38. The Hall–Kier alpha value is -4.06. The first-order chi connectivity index (χ1) is 15.5. The van der Waals surface area contributed by atoms with E-state index < -0.39 is 11.9 Å². The SMILES string of the molecule is CC1C2c3cc(C#N)cnc3N(C)C(=O)[C@@H](NC(=O)c3nnc(Cc4ccccc4)[nH]3)C12. The number of aromatic nitrogens is 4. The van der Waals surface area contributed by atoms with Crippen molar-refractivity contribution in [3.05, 3.63) is 70.9 Å². The van der Waals surface area contributed by atoms with Gasteiger partial charge in [0.2, 0.25) is 5.82 Å². The van der Waals surface area contributed by atoms with Gasteiger partial charge in [-0.25, -0.2) is 4.98 Å². The number of fused-ring (bicyclic) bond motifs is 3. The first-order valence-corrected chi connectivity index (χ1v) is 10.4. The topological polar surface area (TPSA) is 128 Å². The highest BCUT2D eigenvalue weighted by Crippen LogP contribution is 2.59. The summed E-state index contributed by atoms with van der Waals surface area (Å²) in [4.78, 5) is 34.9. The first-order valence-electron chi connectivity index (χ1n) is 10.4. The predicted octanol–water partition coefficient (Wildman–Crippen LogP) is 1.79. The van der Waals surface area contributed by atoms with Gasteiger partial charge in [-0.2, -0.15) is 5.26 Å². The summed E-state index contributed by atoms with van der Waals surface area (Å²) in [5, 5.41) is 20.1. The van der Waals surface area contributed by atoms with E-state index >= 15 is 0 Å². The maximum Gasteiger partial charge on any atom is 0.289 e. The van der Waals surface area contributed by atoms with Crippen LogP contribution in [-0.4, -0.2) is 45.1 Å². The molecule has 2 N–H and O–H groups in total. The molecule has 9 nitrogen and oxygen atoms in total. The summed E-state index contributed by atoms with van der Waals surface area (Å²) in [6, 6.07) is 12.9. The average Bonchev–Trinajstić information content (AvgIpc) is 3.26. The van der Waals surface area contributed by atoms with E-state index in [1.165, 1.54) is 11.1 Å². The van der Waals surface area contributed by atoms with Gasteiger partial charge in [-0.1, -0.05) is 37.3 Å². The highest BCUT2D eigenvalue weighted by Gasteiger charge is 2.58. The third-order valence-electron chi connectivity index (χ3n) is 6.38. The molecule has 0 radical (unpaired) electrons. The second-order valence-corrected chi connectivity index (χ2v) is 8.34. The van der Waals surface area contributed by atoms with Gasteiger partial charge in [0.15, 0.2) is 0 Å². The maximum atomic E-state index is 13.2. The lowest BCUT2D eigenvalue weighted by Gasteiger charge is -2.23. The molecule has 3 heterocycles. The van der Waals surface area contributed by atoms with Crippen LogP contribution in [0.5, 0.6) is 0 Å². The van der Waals surface area contributed by atoms with Crippen LogP contribution in [0, 0.1) is 23.2 Å². The number of amides is 2. The van der Waals surface area contributed by atoms with E-state index in [9.17, 15) is 14.9 Å². The fourth-order valence-corrected chi connectivity index (χ4v) is 4.67. The van der Waals surface area contributed by atoms with Gasteiger partial charge in [0.1, 0.15) is 23.8 Å². The molecule has 9 heteroatoms. The van der Waals surface area contributed by atoms with Gasteiger partial charge in [0.25, 0.3) is 11.8 Å². The molecule has 160 valence electrons. The Morgan fingerprint density at radius 3 is 2.81 bits per heavy atom. The standard InChI is InChI=1S/C23H21N7O2/c1-12-17-15-8-14(10-24)11-25-21(15)30(2)23(32)19(18(12)17)27-22(31)20-26-16(28-29-20)9-13-6-4-3-5-7-13/h3-8,11-12,17-19H,9H2,1-2H3,(H,27,31)(H,26,28,29)/t12?,17?,18?,19-/m0/s1. The van der Waals surface area contributed by atoms with Crippen molar-refractivity contribution in [3.8, 4) is 6.07 Å². The molecule has 0 spiro atoms. The number of benzene rings is 1. The molecule has 1 aliphatic carbocycles. The first kappa shape index (κ1) is 19.9. The van der Waals surface area contributed by atoms with Crippen molar-refractivity contribution in [1.82, 2.24) is 25.5 Å². The van der Waals surface area contributed by atoms with Crippen molar-refractivity contribution in [2.75, 3.05) is 11.9 Å². The number of H-pyrrole nitrogens is 1. The quantitative estimate of drug-likeness (QED) is 0.653. The smallest absolute Gasteiger partial charge is 0.289 e. The maximum absolute atomic E-state index is 13.2. The van der Waals surface area contributed by atoms with E-state index in [1.54, 1.807) is 13.1 Å². The number of rotatable bonds is 4. The number of aromatic amines is 1. The average molecular weight is 427 g/mol. The summed E-state index contributed by atoms with van der Waals surface area (Å²) in [7, 11) is 1.64. The number of nitrogens with one attached hydrogen (secondary N) is 2. The molecule has 4 atom stereocenters. The van der Waals surface area contributed by atoms with Gasteiger partial charge >= 0.3 is 0 Å². The Morgan fingerprint density at radius 1 is 1.28 bits per heavy atom. The van der Waals surface area contributed by atoms with Gasteiger partial charge in [-0.15, -0.1) is 10.2 Å². The number of hydrogen-bond acceptors (Lipinski definition) is 6. The third-order valence-corrected chi connectivity index (χ3v) is 6.38. The van der Waals surface area contributed by atoms with Crippen LogP contribution in [0.25, 0.3) is 0 Å². The van der Waals surface area contributed by atoms with Crippen LogP contribution in [0.3, 0.4) is 0 Å². The van der Waals surface area contributed by atoms with Crippen molar-refractivity contribution < 1.29 is 9.59 Å². The van der Waals surface area contributed by atoms with Gasteiger partial charge in [0, 0.05) is 25.2 Å². The molecule has 1 aromatic carbocycles. The molecule has 0 saturated heterocycles. The molecule has 1 fully saturated rings. The number of carbonyl (C=O) groups excluding carboxylic acids is 2. The fourth-order valence-electron chi connectivity index (χ4n) is 4.67. The fraction of sp³-hybridized carbons (Fsp3) is 0.304. The molecule has 1 saturated carbocycles. The number of hydrogen-bond donors (Lipinski definition) is 2. The van der Waals surface area contributed by atoms with Gasteiger partial charge < -0.3 is 10.3 Å². The second-order valence-electron chi connectivity index (χ2n) is 8.34. The Labute approximate surface area is 184 Å². The molecule has 0 bridgehead atoms. The molecule has 3 unspecified atom stereocenters. The minimum absolute atomic E-state index is 0.0494. The van der Waals surface area contributed by atoms with Crippen LogP contribution >= 0.6 is 0 Å². The monoisotopic (exact) mass is 427 g/mol. The zero-order chi connectivity index (χ0) is 22.4. The number of nitriles is 1. The molecule has 5 rings (SSSR count). The minimum Gasteiger partial charge on any atom is -0.337 e. The van der Waals surface area contributed by atoms with Crippen LogP contribution in [0.15, 0.2) is 42.6 Å². The molecule has 3 aromatic rings. The normalized spacial score (nSPS) is 23.5. The van der Waals surface area contributed by atoms with Crippen molar-refractivity contribution in [1.29, 1.82) is 5.26 Å². The predicted molar refractivity (Wildman–Crippen MR) is 115 cm³/mol. The van der Waals surface area contributed by atoms with E-state index in [-0.39, 0.29) is 29.5 Å². The second kappa shape index (κ2) is 7.57. The van der Waals surface area contributed by atoms with Crippen LogP contribution in [0.2, 0.25) is 0 Å². The summed E-state index contributed by atoms with van der Waals surface area (Å²) in [5.74, 6) is 0.624. The number of pyridine rings is 1. The van der Waals surface area contributed by atoms with Crippen molar-refractivity contribution in [3.63, 3.8) is 0 Å². The summed E-state index contributed by atoms with van der Waals surface area (Å²) in [6.45, 7) is 2.04. The van der Waals surface area contributed by atoms with E-state index in [1.807, 2.05) is 37.3 Å². The number of carbonyl (C=O) groups is 2. The molecular weight excluding hydrogens is 406 g/mol. The lowest BCUT2D eigenvalue weighted by molar-refractivity contribution is -0.120. The summed E-state index contributed by atoms with van der Waals surface area (Å²) < 4.78 is 0. The molecule has 2 amide bonds. The summed E-state index contributed by atoms with van der Waals surface area (Å²) >= 11 is 0. The van der Waals surface area contributed by atoms with Crippen molar-refractivity contribution in [2.24, 2.45) is 11.8 Å². The minimum atomic E-state index is -0.713. The number of anilines is 1. The zero-order valence-corrected chi connectivity index (χ0v) is 17.6. The molecule has 2 aliphatic rings. The van der Waals surface area contributed by atoms with Crippen molar-refractivity contribution in [2.45, 2.75) is 25.3 Å². The van der Waals surface area contributed by atoms with Crippen LogP contribution in [0.4, 0.5) is 5.82 Å². The molecular formula is C23H21N7O2.